The molecule has 0 aromatic heterocycles. The van der Waals surface area contributed by atoms with Crippen LogP contribution in [0.25, 0.3) is 0 Å². The quantitative estimate of drug-likeness (QED) is 0.680. The van der Waals surface area contributed by atoms with Crippen LogP contribution in [0.5, 0.6) is 0 Å². The number of hydrogen-bond acceptors (Lipinski definition) is 3. The van der Waals surface area contributed by atoms with Crippen molar-refractivity contribution in [3.63, 3.8) is 0 Å². The van der Waals surface area contributed by atoms with E-state index in [1.165, 1.54) is 6.08 Å². The Hall–Kier alpha value is -0.680. The largest absolute Gasteiger partial charge is 0.478 e. The summed E-state index contributed by atoms with van der Waals surface area (Å²) in [5.41, 5.74) is 0.838. The average molecular weight is 217 g/mol. The molecular formula is C9H15NO3S. The minimum absolute atomic E-state index is 0.664. The van der Waals surface area contributed by atoms with Crippen LogP contribution in [0.4, 0.5) is 0 Å². The molecule has 0 aromatic carbocycles. The molecule has 0 aromatic rings. The lowest BCUT2D eigenvalue weighted by molar-refractivity contribution is -0.131. The third-order valence-electron chi connectivity index (χ3n) is 2.11. The van der Waals surface area contributed by atoms with E-state index in [0.29, 0.717) is 18.1 Å². The molecule has 0 bridgehead atoms. The van der Waals surface area contributed by atoms with Crippen molar-refractivity contribution in [3.05, 3.63) is 11.6 Å². The Kier molecular flexibility index (Phi) is 4.28. The van der Waals surface area contributed by atoms with E-state index in [4.69, 9.17) is 5.11 Å². The second-order valence-electron chi connectivity index (χ2n) is 3.45. The molecule has 14 heavy (non-hydrogen) atoms. The van der Waals surface area contributed by atoms with E-state index < -0.39 is 16.8 Å². The Labute approximate surface area is 86.1 Å². The highest BCUT2D eigenvalue weighted by molar-refractivity contribution is 7.85. The van der Waals surface area contributed by atoms with Crippen molar-refractivity contribution in [1.82, 2.24) is 4.90 Å². The minimum atomic E-state index is -0.900. The predicted molar refractivity (Wildman–Crippen MR) is 55.7 cm³/mol. The lowest BCUT2D eigenvalue weighted by Gasteiger charge is -2.26. The maximum Gasteiger partial charge on any atom is 0.328 e. The van der Waals surface area contributed by atoms with Gasteiger partial charge in [-0.2, -0.15) is 0 Å². The first kappa shape index (κ1) is 11.4. The summed E-state index contributed by atoms with van der Waals surface area (Å²) in [6, 6.07) is 0. The minimum Gasteiger partial charge on any atom is -0.478 e. The van der Waals surface area contributed by atoms with Crippen molar-refractivity contribution in [1.29, 1.82) is 0 Å². The number of carbonyl (C=O) groups is 1. The SMILES string of the molecule is CC(=CC(=O)O)CN1CCS(=O)CC1. The van der Waals surface area contributed by atoms with Gasteiger partial charge < -0.3 is 5.11 Å². The van der Waals surface area contributed by atoms with E-state index in [-0.39, 0.29) is 0 Å². The topological polar surface area (TPSA) is 57.6 Å². The molecule has 5 heteroatoms. The number of carboxylic acid groups (broad SMARTS) is 1. The van der Waals surface area contributed by atoms with Crippen molar-refractivity contribution in [3.8, 4) is 0 Å². The maximum absolute atomic E-state index is 11.0. The molecule has 0 saturated carbocycles. The third kappa shape index (κ3) is 4.02. The number of aliphatic carboxylic acids is 1. The summed E-state index contributed by atoms with van der Waals surface area (Å²) in [6.07, 6.45) is 1.23. The fourth-order valence-electron chi connectivity index (χ4n) is 1.44. The Morgan fingerprint density at radius 1 is 1.50 bits per heavy atom. The first-order valence-electron chi connectivity index (χ1n) is 4.55. The molecule has 4 nitrogen and oxygen atoms in total. The maximum atomic E-state index is 11.0. The number of nitrogens with zero attached hydrogens (tertiary/aromatic N) is 1. The van der Waals surface area contributed by atoms with Crippen LogP contribution < -0.4 is 0 Å². The van der Waals surface area contributed by atoms with E-state index in [9.17, 15) is 9.00 Å². The number of rotatable bonds is 3. The molecule has 1 rings (SSSR count). The fraction of sp³-hybridized carbons (Fsp3) is 0.667. The zero-order valence-electron chi connectivity index (χ0n) is 8.23. The molecule has 1 fully saturated rings. The molecule has 1 aliphatic rings. The highest BCUT2D eigenvalue weighted by atomic mass is 32.2. The van der Waals surface area contributed by atoms with Gasteiger partial charge in [0.1, 0.15) is 0 Å². The Bertz CT molecular complexity index is 265. The molecule has 1 N–H and O–H groups in total. The second kappa shape index (κ2) is 5.26. The molecule has 1 aliphatic heterocycles. The summed E-state index contributed by atoms with van der Waals surface area (Å²) in [5.74, 6) is 0.517. The van der Waals surface area contributed by atoms with Crippen molar-refractivity contribution in [2.24, 2.45) is 0 Å². The summed E-state index contributed by atoms with van der Waals surface area (Å²) in [4.78, 5) is 12.5. The van der Waals surface area contributed by atoms with Gasteiger partial charge in [-0.25, -0.2) is 4.79 Å². The molecule has 80 valence electrons. The van der Waals surface area contributed by atoms with Gasteiger partial charge in [-0.15, -0.1) is 0 Å². The van der Waals surface area contributed by atoms with Crippen molar-refractivity contribution < 1.29 is 14.1 Å². The van der Waals surface area contributed by atoms with Gasteiger partial charge in [0.25, 0.3) is 0 Å². The van der Waals surface area contributed by atoms with Gasteiger partial charge in [0.05, 0.1) is 0 Å². The van der Waals surface area contributed by atoms with Gasteiger partial charge in [0, 0.05) is 48.0 Å². The van der Waals surface area contributed by atoms with Gasteiger partial charge in [-0.05, 0) is 6.92 Å². The van der Waals surface area contributed by atoms with E-state index in [1.54, 1.807) is 6.92 Å². The van der Waals surface area contributed by atoms with Crippen LogP contribution in [0.3, 0.4) is 0 Å². The van der Waals surface area contributed by atoms with Gasteiger partial charge >= 0.3 is 5.97 Å². The lowest BCUT2D eigenvalue weighted by Crippen LogP contribution is -2.38. The Balaban J connectivity index is 2.38. The monoisotopic (exact) mass is 217 g/mol. The Morgan fingerprint density at radius 3 is 2.57 bits per heavy atom. The summed E-state index contributed by atoms with van der Waals surface area (Å²) >= 11 is 0. The highest BCUT2D eigenvalue weighted by Gasteiger charge is 2.14. The highest BCUT2D eigenvalue weighted by Crippen LogP contribution is 2.03. The van der Waals surface area contributed by atoms with E-state index in [1.807, 2.05) is 0 Å². The predicted octanol–water partition coefficient (Wildman–Crippen LogP) is 0.0816. The number of hydrogen-bond donors (Lipinski definition) is 1. The summed E-state index contributed by atoms with van der Waals surface area (Å²) in [7, 11) is -0.664. The van der Waals surface area contributed by atoms with Gasteiger partial charge in [0.2, 0.25) is 0 Å². The molecule has 0 spiro atoms. The van der Waals surface area contributed by atoms with E-state index in [0.717, 1.165) is 18.7 Å². The molecule has 0 amide bonds. The first-order valence-corrected chi connectivity index (χ1v) is 6.04. The van der Waals surface area contributed by atoms with Gasteiger partial charge in [0.15, 0.2) is 0 Å². The second-order valence-corrected chi connectivity index (χ2v) is 5.15. The van der Waals surface area contributed by atoms with E-state index in [2.05, 4.69) is 4.90 Å². The standard InChI is InChI=1S/C9H15NO3S/c1-8(6-9(11)12)7-10-2-4-14(13)5-3-10/h6H,2-5,7H2,1H3,(H,11,12). The van der Waals surface area contributed by atoms with Crippen LogP contribution in [0.2, 0.25) is 0 Å². The summed E-state index contributed by atoms with van der Waals surface area (Å²) in [6.45, 7) is 4.08. The van der Waals surface area contributed by atoms with Crippen molar-refractivity contribution in [2.75, 3.05) is 31.1 Å². The van der Waals surface area contributed by atoms with Crippen LogP contribution in [-0.2, 0) is 15.6 Å². The summed E-state index contributed by atoms with van der Waals surface area (Å²) < 4.78 is 11.0. The molecule has 0 aliphatic carbocycles. The zero-order valence-corrected chi connectivity index (χ0v) is 9.05. The normalized spacial score (nSPS) is 21.1. The van der Waals surface area contributed by atoms with Crippen LogP contribution >= 0.6 is 0 Å². The molecule has 0 atom stereocenters. The molecule has 1 saturated heterocycles. The smallest absolute Gasteiger partial charge is 0.328 e. The van der Waals surface area contributed by atoms with Crippen LogP contribution in [0, 0.1) is 0 Å². The van der Waals surface area contributed by atoms with Crippen LogP contribution in [0.15, 0.2) is 11.6 Å². The van der Waals surface area contributed by atoms with E-state index >= 15 is 0 Å². The number of carboxylic acids is 1. The Morgan fingerprint density at radius 2 is 2.07 bits per heavy atom. The van der Waals surface area contributed by atoms with Crippen LogP contribution in [0.1, 0.15) is 6.92 Å². The first-order chi connectivity index (χ1) is 6.58. The third-order valence-corrected chi connectivity index (χ3v) is 3.39. The van der Waals surface area contributed by atoms with Crippen molar-refractivity contribution in [2.45, 2.75) is 6.92 Å². The molecule has 1 heterocycles. The zero-order chi connectivity index (χ0) is 10.6. The fourth-order valence-corrected chi connectivity index (χ4v) is 2.57. The molecule has 0 unspecified atom stereocenters. The molecule has 0 radical (unpaired) electrons. The lowest BCUT2D eigenvalue weighted by atomic mass is 10.2. The van der Waals surface area contributed by atoms with Crippen LogP contribution in [-0.4, -0.2) is 51.3 Å². The summed E-state index contributed by atoms with van der Waals surface area (Å²) in [5, 5.41) is 8.51. The van der Waals surface area contributed by atoms with Gasteiger partial charge in [-0.3, -0.25) is 9.11 Å². The molecular weight excluding hydrogens is 202 g/mol. The average Bonchev–Trinajstić information content (AvgIpc) is 2.07. The van der Waals surface area contributed by atoms with Gasteiger partial charge in [-0.1, -0.05) is 5.57 Å². The van der Waals surface area contributed by atoms with Crippen molar-refractivity contribution >= 4 is 16.8 Å².